The first-order chi connectivity index (χ1) is 11.8. The Kier molecular flexibility index (Phi) is 3.96. The molecule has 7 nitrogen and oxygen atoms in total. The molecule has 2 aromatic carbocycles. The van der Waals surface area contributed by atoms with E-state index in [9.17, 15) is 15.0 Å². The predicted octanol–water partition coefficient (Wildman–Crippen LogP) is 1.66. The zero-order chi connectivity index (χ0) is 18.4. The third kappa shape index (κ3) is 2.44. The fourth-order valence-corrected chi connectivity index (χ4v) is 3.16. The van der Waals surface area contributed by atoms with Gasteiger partial charge >= 0.3 is 0 Å². The molecule has 3 N–H and O–H groups in total. The number of methoxy groups -OCH3 is 3. The summed E-state index contributed by atoms with van der Waals surface area (Å²) in [7, 11) is 4.32. The minimum Gasteiger partial charge on any atom is -0.508 e. The van der Waals surface area contributed by atoms with Crippen LogP contribution in [-0.2, 0) is 5.72 Å². The minimum absolute atomic E-state index is 0.135. The maximum Gasteiger partial charge on any atom is 0.258 e. The van der Waals surface area contributed by atoms with E-state index in [4.69, 9.17) is 14.2 Å². The molecule has 2 aromatic rings. The van der Waals surface area contributed by atoms with Crippen molar-refractivity contribution in [3.8, 4) is 23.0 Å². The van der Waals surface area contributed by atoms with Gasteiger partial charge in [-0.2, -0.15) is 0 Å². The van der Waals surface area contributed by atoms with Crippen LogP contribution in [0.5, 0.6) is 23.0 Å². The lowest BCUT2D eigenvalue weighted by molar-refractivity contribution is 0.0454. The Bertz CT molecular complexity index is 863. The first kappa shape index (κ1) is 16.9. The second-order valence-corrected chi connectivity index (χ2v) is 5.78. The van der Waals surface area contributed by atoms with E-state index >= 15 is 0 Å². The van der Waals surface area contributed by atoms with Gasteiger partial charge in [0.2, 0.25) is 0 Å². The molecular formula is C18H19NO6. The Hall–Kier alpha value is -2.93. The quantitative estimate of drug-likeness (QED) is 0.780. The van der Waals surface area contributed by atoms with Gasteiger partial charge in [0.1, 0.15) is 11.5 Å². The zero-order valence-corrected chi connectivity index (χ0v) is 14.3. The summed E-state index contributed by atoms with van der Waals surface area (Å²) in [6.45, 7) is 1.83. The Morgan fingerprint density at radius 2 is 1.64 bits per heavy atom. The molecule has 3 rings (SSSR count). The van der Waals surface area contributed by atoms with E-state index in [0.29, 0.717) is 11.3 Å². The molecule has 0 saturated carbocycles. The van der Waals surface area contributed by atoms with Crippen LogP contribution in [0.25, 0.3) is 0 Å². The second-order valence-electron chi connectivity index (χ2n) is 5.78. The average molecular weight is 345 g/mol. The van der Waals surface area contributed by atoms with Gasteiger partial charge in [-0.3, -0.25) is 4.79 Å². The van der Waals surface area contributed by atoms with Crippen molar-refractivity contribution in [3.05, 3.63) is 46.5 Å². The number of ether oxygens (including phenoxy) is 3. The zero-order valence-electron chi connectivity index (χ0n) is 14.3. The van der Waals surface area contributed by atoms with Crippen molar-refractivity contribution >= 4 is 5.91 Å². The van der Waals surface area contributed by atoms with E-state index < -0.39 is 11.6 Å². The van der Waals surface area contributed by atoms with E-state index in [2.05, 4.69) is 5.32 Å². The first-order valence-corrected chi connectivity index (χ1v) is 7.55. The molecule has 1 atom stereocenters. The number of rotatable bonds is 4. The number of phenols is 1. The van der Waals surface area contributed by atoms with Gasteiger partial charge in [0.05, 0.1) is 32.5 Å². The standard InChI is InChI=1S/C18H19NO6/c1-9-5-12(16(25-4)14(6-9)24-3)18(22)11-7-10(20)8-13(23-2)15(11)17(21)19-18/h5-8,20,22H,1-4H3,(H,19,21). The summed E-state index contributed by atoms with van der Waals surface area (Å²) < 4.78 is 15.9. The predicted molar refractivity (Wildman–Crippen MR) is 89.4 cm³/mol. The summed E-state index contributed by atoms with van der Waals surface area (Å²) in [5.41, 5.74) is -0.462. The molecule has 1 amide bonds. The number of carbonyl (C=O) groups is 1. The highest BCUT2D eigenvalue weighted by Gasteiger charge is 2.47. The highest BCUT2D eigenvalue weighted by atomic mass is 16.5. The van der Waals surface area contributed by atoms with Gasteiger partial charge in [0, 0.05) is 11.6 Å². The molecular weight excluding hydrogens is 326 g/mol. The summed E-state index contributed by atoms with van der Waals surface area (Å²) in [6.07, 6.45) is 0. The fourth-order valence-electron chi connectivity index (χ4n) is 3.16. The number of benzene rings is 2. The maximum atomic E-state index is 12.5. The van der Waals surface area contributed by atoms with Crippen LogP contribution < -0.4 is 19.5 Å². The second kappa shape index (κ2) is 5.86. The number of fused-ring (bicyclic) bond motifs is 1. The van der Waals surface area contributed by atoms with Crippen molar-refractivity contribution in [3.63, 3.8) is 0 Å². The van der Waals surface area contributed by atoms with E-state index in [1.165, 1.54) is 33.5 Å². The Labute approximate surface area is 144 Å². The van der Waals surface area contributed by atoms with Crippen molar-refractivity contribution in [2.24, 2.45) is 0 Å². The summed E-state index contributed by atoms with van der Waals surface area (Å²) in [5.74, 6) is 0.217. The lowest BCUT2D eigenvalue weighted by Gasteiger charge is -2.27. The summed E-state index contributed by atoms with van der Waals surface area (Å²) in [4.78, 5) is 12.5. The van der Waals surface area contributed by atoms with Crippen LogP contribution in [0.1, 0.15) is 27.0 Å². The van der Waals surface area contributed by atoms with Crippen molar-refractivity contribution < 1.29 is 29.2 Å². The topological polar surface area (TPSA) is 97.3 Å². The molecule has 0 saturated heterocycles. The van der Waals surface area contributed by atoms with Crippen LogP contribution in [-0.4, -0.2) is 37.4 Å². The van der Waals surface area contributed by atoms with Crippen LogP contribution in [0, 0.1) is 6.92 Å². The number of aryl methyl sites for hydroxylation is 1. The van der Waals surface area contributed by atoms with Gasteiger partial charge in [-0.15, -0.1) is 0 Å². The highest BCUT2D eigenvalue weighted by molar-refractivity contribution is 6.03. The molecule has 0 radical (unpaired) electrons. The largest absolute Gasteiger partial charge is 0.508 e. The fraction of sp³-hybridized carbons (Fsp3) is 0.278. The minimum atomic E-state index is -1.90. The Morgan fingerprint density at radius 1 is 0.960 bits per heavy atom. The smallest absolute Gasteiger partial charge is 0.258 e. The van der Waals surface area contributed by atoms with Gasteiger partial charge in [-0.1, -0.05) is 0 Å². The molecule has 1 aliphatic heterocycles. The number of amides is 1. The van der Waals surface area contributed by atoms with Crippen LogP contribution in [0.2, 0.25) is 0 Å². The lowest BCUT2D eigenvalue weighted by Crippen LogP contribution is -2.40. The summed E-state index contributed by atoms with van der Waals surface area (Å²) in [5, 5.41) is 23.9. The number of carbonyl (C=O) groups excluding carboxylic acids is 1. The number of nitrogens with one attached hydrogen (secondary N) is 1. The molecule has 132 valence electrons. The lowest BCUT2D eigenvalue weighted by atomic mass is 9.91. The SMILES string of the molecule is COc1cc(C)cc(C2(O)NC(=O)c3c(OC)cc(O)cc32)c1OC. The number of phenolic OH excluding ortho intramolecular Hbond substituents is 1. The van der Waals surface area contributed by atoms with Crippen LogP contribution >= 0.6 is 0 Å². The van der Waals surface area contributed by atoms with Gasteiger partial charge < -0.3 is 29.7 Å². The van der Waals surface area contributed by atoms with Crippen LogP contribution in [0.15, 0.2) is 24.3 Å². The number of hydrogen-bond acceptors (Lipinski definition) is 6. The number of aromatic hydroxyl groups is 1. The average Bonchev–Trinajstić information content (AvgIpc) is 2.84. The van der Waals surface area contributed by atoms with Crippen molar-refractivity contribution in [1.82, 2.24) is 5.32 Å². The van der Waals surface area contributed by atoms with Crippen molar-refractivity contribution in [1.29, 1.82) is 0 Å². The van der Waals surface area contributed by atoms with E-state index in [1.54, 1.807) is 12.1 Å². The molecule has 1 heterocycles. The van der Waals surface area contributed by atoms with Gasteiger partial charge in [0.25, 0.3) is 5.91 Å². The van der Waals surface area contributed by atoms with E-state index in [1.807, 2.05) is 6.92 Å². The maximum absolute atomic E-state index is 12.5. The molecule has 0 aliphatic carbocycles. The number of hydrogen-bond donors (Lipinski definition) is 3. The third-order valence-corrected chi connectivity index (χ3v) is 4.23. The first-order valence-electron chi connectivity index (χ1n) is 7.55. The van der Waals surface area contributed by atoms with Crippen LogP contribution in [0.4, 0.5) is 0 Å². The summed E-state index contributed by atoms with van der Waals surface area (Å²) in [6, 6.07) is 6.09. The molecule has 0 fully saturated rings. The molecule has 1 aliphatic rings. The molecule has 7 heteroatoms. The molecule has 0 bridgehead atoms. The molecule has 0 spiro atoms. The van der Waals surface area contributed by atoms with Crippen molar-refractivity contribution in [2.75, 3.05) is 21.3 Å². The van der Waals surface area contributed by atoms with Gasteiger partial charge in [0.15, 0.2) is 17.2 Å². The van der Waals surface area contributed by atoms with E-state index in [0.717, 1.165) is 5.56 Å². The summed E-state index contributed by atoms with van der Waals surface area (Å²) >= 11 is 0. The number of aliphatic hydroxyl groups is 1. The van der Waals surface area contributed by atoms with E-state index in [-0.39, 0.29) is 28.4 Å². The highest BCUT2D eigenvalue weighted by Crippen LogP contribution is 2.46. The van der Waals surface area contributed by atoms with Crippen LogP contribution in [0.3, 0.4) is 0 Å². The Morgan fingerprint density at radius 3 is 2.24 bits per heavy atom. The molecule has 25 heavy (non-hydrogen) atoms. The molecule has 1 unspecified atom stereocenters. The normalized spacial score (nSPS) is 18.5. The van der Waals surface area contributed by atoms with Gasteiger partial charge in [-0.05, 0) is 30.7 Å². The monoisotopic (exact) mass is 345 g/mol. The van der Waals surface area contributed by atoms with Crippen molar-refractivity contribution in [2.45, 2.75) is 12.6 Å². The van der Waals surface area contributed by atoms with Gasteiger partial charge in [-0.25, -0.2) is 0 Å². The Balaban J connectivity index is 2.33. The third-order valence-electron chi connectivity index (χ3n) is 4.23. The molecule has 0 aromatic heterocycles.